The number of carbonyl (C=O) groups excluding carboxylic acids is 2. The fourth-order valence-electron chi connectivity index (χ4n) is 4.53. The van der Waals surface area contributed by atoms with Crippen LogP contribution in [0.2, 0.25) is 0 Å². The summed E-state index contributed by atoms with van der Waals surface area (Å²) < 4.78 is 10.3. The number of fused-ring (bicyclic) bond motifs is 3. The third-order valence-corrected chi connectivity index (χ3v) is 7.42. The Morgan fingerprint density at radius 1 is 1.03 bits per heavy atom. The average molecular weight is 528 g/mol. The first kappa shape index (κ1) is 25.5. The van der Waals surface area contributed by atoms with E-state index in [0.29, 0.717) is 55.2 Å². The molecule has 2 bridgehead atoms. The fraction of sp³-hybridized carbons (Fsp3) is 0.276. The molecule has 0 unspecified atom stereocenters. The third-order valence-electron chi connectivity index (χ3n) is 6.67. The van der Waals surface area contributed by atoms with Crippen molar-refractivity contribution >= 4 is 23.3 Å². The number of aromatic nitrogens is 3. The standard InChI is InChI=1S/C29H29N5O3S/c1-3-25-27(38-32-31-25)29(36)34-13-12-33(2)28(35)22-7-4-6-20(16-22)17-24-18-21(23-8-5-11-30-19-23)9-10-26(24)37-15-14-34/h4-11,16,18-19H,3,12-15,17H2,1-2H3. The third kappa shape index (κ3) is 5.57. The van der Waals surface area contributed by atoms with Crippen LogP contribution in [0, 0.1) is 0 Å². The van der Waals surface area contributed by atoms with Gasteiger partial charge in [0.2, 0.25) is 0 Å². The summed E-state index contributed by atoms with van der Waals surface area (Å²) in [5.41, 5.74) is 5.38. The summed E-state index contributed by atoms with van der Waals surface area (Å²) in [4.78, 5) is 34.9. The van der Waals surface area contributed by atoms with Crippen molar-refractivity contribution in [3.8, 4) is 16.9 Å². The zero-order chi connectivity index (χ0) is 26.5. The molecule has 0 atom stereocenters. The molecule has 2 aromatic heterocycles. The Balaban J connectivity index is 1.50. The molecule has 0 spiro atoms. The van der Waals surface area contributed by atoms with Gasteiger partial charge in [0.25, 0.3) is 11.8 Å². The summed E-state index contributed by atoms with van der Waals surface area (Å²) in [6.45, 7) is 3.41. The van der Waals surface area contributed by atoms with E-state index in [1.54, 1.807) is 23.0 Å². The van der Waals surface area contributed by atoms with Crippen molar-refractivity contribution in [1.82, 2.24) is 24.4 Å². The highest BCUT2D eigenvalue weighted by Crippen LogP contribution is 2.29. The summed E-state index contributed by atoms with van der Waals surface area (Å²) in [6.07, 6.45) is 4.82. The normalized spacial score (nSPS) is 14.4. The van der Waals surface area contributed by atoms with Gasteiger partial charge in [-0.25, -0.2) is 0 Å². The van der Waals surface area contributed by atoms with Crippen LogP contribution in [-0.2, 0) is 12.8 Å². The highest BCUT2D eigenvalue weighted by atomic mass is 32.1. The minimum atomic E-state index is -0.137. The Morgan fingerprint density at radius 3 is 2.71 bits per heavy atom. The van der Waals surface area contributed by atoms with Gasteiger partial charge in [-0.3, -0.25) is 14.6 Å². The van der Waals surface area contributed by atoms with E-state index in [2.05, 4.69) is 20.6 Å². The summed E-state index contributed by atoms with van der Waals surface area (Å²) in [5, 5.41) is 4.10. The van der Waals surface area contributed by atoms with Crippen molar-refractivity contribution in [2.24, 2.45) is 0 Å². The second kappa shape index (κ2) is 11.5. The molecule has 0 N–H and O–H groups in total. The van der Waals surface area contributed by atoms with Crippen molar-refractivity contribution in [2.75, 3.05) is 33.3 Å². The molecule has 5 rings (SSSR count). The molecule has 194 valence electrons. The molecule has 0 aliphatic carbocycles. The fourth-order valence-corrected chi connectivity index (χ4v) is 5.24. The Labute approximate surface area is 226 Å². The molecule has 0 saturated carbocycles. The van der Waals surface area contributed by atoms with Gasteiger partial charge < -0.3 is 14.5 Å². The first-order valence-corrected chi connectivity index (χ1v) is 13.4. The van der Waals surface area contributed by atoms with Crippen LogP contribution in [0.3, 0.4) is 0 Å². The summed E-state index contributed by atoms with van der Waals surface area (Å²) in [7, 11) is 1.77. The van der Waals surface area contributed by atoms with Gasteiger partial charge in [0, 0.05) is 50.1 Å². The van der Waals surface area contributed by atoms with Gasteiger partial charge in [-0.1, -0.05) is 35.7 Å². The molecule has 0 fully saturated rings. The summed E-state index contributed by atoms with van der Waals surface area (Å²) >= 11 is 1.11. The molecule has 0 radical (unpaired) electrons. The Morgan fingerprint density at radius 2 is 1.89 bits per heavy atom. The van der Waals surface area contributed by atoms with Crippen LogP contribution in [0.1, 0.15) is 43.8 Å². The van der Waals surface area contributed by atoms with Crippen LogP contribution in [0.5, 0.6) is 5.75 Å². The summed E-state index contributed by atoms with van der Waals surface area (Å²) in [5.74, 6) is 0.540. The predicted molar refractivity (Wildman–Crippen MR) is 147 cm³/mol. The van der Waals surface area contributed by atoms with Crippen LogP contribution in [0.15, 0.2) is 67.0 Å². The molecule has 2 aromatic carbocycles. The average Bonchev–Trinajstić information content (AvgIpc) is 3.44. The molecule has 3 heterocycles. The Hall–Kier alpha value is -4.11. The predicted octanol–water partition coefficient (Wildman–Crippen LogP) is 4.36. The first-order valence-electron chi connectivity index (χ1n) is 12.6. The quantitative estimate of drug-likeness (QED) is 0.393. The van der Waals surface area contributed by atoms with E-state index in [1.165, 1.54) is 0 Å². The van der Waals surface area contributed by atoms with Gasteiger partial charge in [0.15, 0.2) is 0 Å². The number of likely N-dealkylation sites (N-methyl/N-ethyl adjacent to an activating group) is 1. The number of pyridine rings is 1. The zero-order valence-electron chi connectivity index (χ0n) is 21.5. The highest BCUT2D eigenvalue weighted by molar-refractivity contribution is 7.08. The maximum atomic E-state index is 13.4. The minimum Gasteiger partial charge on any atom is -0.491 e. The minimum absolute atomic E-state index is 0.0782. The molecule has 0 saturated heterocycles. The number of carbonyl (C=O) groups is 2. The van der Waals surface area contributed by atoms with Crippen LogP contribution in [0.25, 0.3) is 11.1 Å². The van der Waals surface area contributed by atoms with Crippen molar-refractivity contribution in [3.05, 3.63) is 94.3 Å². The maximum absolute atomic E-state index is 13.4. The maximum Gasteiger partial charge on any atom is 0.267 e. The van der Waals surface area contributed by atoms with Crippen LogP contribution >= 0.6 is 11.5 Å². The van der Waals surface area contributed by atoms with Gasteiger partial charge in [-0.2, -0.15) is 0 Å². The smallest absolute Gasteiger partial charge is 0.267 e. The van der Waals surface area contributed by atoms with Crippen LogP contribution in [0.4, 0.5) is 0 Å². The van der Waals surface area contributed by atoms with Crippen LogP contribution < -0.4 is 4.74 Å². The second-order valence-corrected chi connectivity index (χ2v) is 9.97. The van der Waals surface area contributed by atoms with E-state index in [0.717, 1.165) is 39.5 Å². The lowest BCUT2D eigenvalue weighted by atomic mass is 9.98. The number of amides is 2. The van der Waals surface area contributed by atoms with E-state index < -0.39 is 0 Å². The Kier molecular flexibility index (Phi) is 7.74. The Bertz CT molecular complexity index is 1440. The lowest BCUT2D eigenvalue weighted by Gasteiger charge is -2.26. The molecular formula is C29H29N5O3S. The number of aryl methyl sites for hydroxylation is 1. The number of rotatable bonds is 3. The number of hydrogen-bond donors (Lipinski definition) is 0. The van der Waals surface area contributed by atoms with Gasteiger partial charge in [-0.15, -0.1) is 5.10 Å². The molecule has 4 aromatic rings. The number of benzene rings is 2. The lowest BCUT2D eigenvalue weighted by molar-refractivity contribution is 0.0670. The zero-order valence-corrected chi connectivity index (χ0v) is 22.3. The van der Waals surface area contributed by atoms with E-state index in [1.807, 2.05) is 61.7 Å². The van der Waals surface area contributed by atoms with Gasteiger partial charge in [0.1, 0.15) is 17.2 Å². The van der Waals surface area contributed by atoms with Gasteiger partial charge >= 0.3 is 0 Å². The van der Waals surface area contributed by atoms with Crippen molar-refractivity contribution in [2.45, 2.75) is 19.8 Å². The van der Waals surface area contributed by atoms with Crippen molar-refractivity contribution in [1.29, 1.82) is 0 Å². The van der Waals surface area contributed by atoms with E-state index in [9.17, 15) is 9.59 Å². The number of ether oxygens (including phenoxy) is 1. The second-order valence-electron chi connectivity index (χ2n) is 9.21. The largest absolute Gasteiger partial charge is 0.491 e. The monoisotopic (exact) mass is 527 g/mol. The first-order chi connectivity index (χ1) is 18.5. The highest BCUT2D eigenvalue weighted by Gasteiger charge is 2.23. The number of hydrogen-bond acceptors (Lipinski definition) is 7. The van der Waals surface area contributed by atoms with Crippen molar-refractivity contribution < 1.29 is 14.3 Å². The lowest BCUT2D eigenvalue weighted by Crippen LogP contribution is -2.41. The van der Waals surface area contributed by atoms with Crippen molar-refractivity contribution in [3.63, 3.8) is 0 Å². The van der Waals surface area contributed by atoms with E-state index >= 15 is 0 Å². The molecular weight excluding hydrogens is 498 g/mol. The molecule has 2 amide bonds. The van der Waals surface area contributed by atoms with Gasteiger partial charge in [-0.05, 0) is 65.0 Å². The number of nitrogens with zero attached hydrogens (tertiary/aromatic N) is 5. The molecule has 1 aliphatic heterocycles. The SMILES string of the molecule is CCc1nnsc1C(=O)N1CCOc2ccc(-c3cccnc3)cc2Cc2cccc(c2)C(=O)N(C)CC1. The van der Waals surface area contributed by atoms with E-state index in [4.69, 9.17) is 4.74 Å². The van der Waals surface area contributed by atoms with Crippen LogP contribution in [-0.4, -0.2) is 69.5 Å². The molecule has 9 heteroatoms. The molecule has 1 aliphatic rings. The molecule has 8 nitrogen and oxygen atoms in total. The van der Waals surface area contributed by atoms with E-state index in [-0.39, 0.29) is 11.8 Å². The summed E-state index contributed by atoms with van der Waals surface area (Å²) in [6, 6.07) is 17.7. The topological polar surface area (TPSA) is 88.5 Å². The van der Waals surface area contributed by atoms with Gasteiger partial charge in [0.05, 0.1) is 12.2 Å². The molecule has 38 heavy (non-hydrogen) atoms.